The molecule has 2 aromatic rings. The minimum Gasteiger partial charge on any atom is -0.366 e. The molecule has 0 saturated heterocycles. The fourth-order valence-corrected chi connectivity index (χ4v) is 3.26. The number of rotatable bonds is 5. The van der Waals surface area contributed by atoms with Gasteiger partial charge in [0, 0.05) is 11.4 Å². The molecule has 0 aliphatic heterocycles. The van der Waals surface area contributed by atoms with Crippen molar-refractivity contribution in [2.75, 3.05) is 5.32 Å². The van der Waals surface area contributed by atoms with E-state index in [1.54, 1.807) is 0 Å². The fourth-order valence-electron chi connectivity index (χ4n) is 3.26. The summed E-state index contributed by atoms with van der Waals surface area (Å²) in [4.78, 5) is 16.2. The van der Waals surface area contributed by atoms with Crippen molar-refractivity contribution in [3.63, 3.8) is 0 Å². The largest absolute Gasteiger partial charge is 0.366 e. The van der Waals surface area contributed by atoms with E-state index < -0.39 is 0 Å². The number of para-hydroxylation sites is 1. The Balaban J connectivity index is 1.75. The lowest BCUT2D eigenvalue weighted by Gasteiger charge is -2.20. The molecular weight excluding hydrogens is 260 g/mol. The van der Waals surface area contributed by atoms with Crippen LogP contribution in [0.4, 0.5) is 5.82 Å². The SMILES string of the molecule is Cc1cccc2cc(C=O)c(NC(C3CC3)C3CC3)nc12. The van der Waals surface area contributed by atoms with Gasteiger partial charge in [-0.3, -0.25) is 4.79 Å². The minimum absolute atomic E-state index is 0.512. The van der Waals surface area contributed by atoms with Crippen molar-refractivity contribution < 1.29 is 4.79 Å². The predicted molar refractivity (Wildman–Crippen MR) is 84.7 cm³/mol. The number of nitrogens with one attached hydrogen (secondary N) is 1. The Hall–Kier alpha value is -1.90. The van der Waals surface area contributed by atoms with Crippen LogP contribution in [0.3, 0.4) is 0 Å². The van der Waals surface area contributed by atoms with E-state index in [-0.39, 0.29) is 0 Å². The minimum atomic E-state index is 0.512. The highest BCUT2D eigenvalue weighted by Crippen LogP contribution is 2.46. The van der Waals surface area contributed by atoms with Gasteiger partial charge in [-0.1, -0.05) is 18.2 Å². The lowest BCUT2D eigenvalue weighted by atomic mass is 10.1. The third kappa shape index (κ3) is 2.41. The molecule has 2 aliphatic rings. The van der Waals surface area contributed by atoms with E-state index in [0.717, 1.165) is 40.4 Å². The summed E-state index contributed by atoms with van der Waals surface area (Å²) in [5, 5.41) is 4.64. The molecule has 2 fully saturated rings. The van der Waals surface area contributed by atoms with Crippen LogP contribution in [0.5, 0.6) is 0 Å². The number of pyridine rings is 1. The fraction of sp³-hybridized carbons (Fsp3) is 0.444. The third-order valence-corrected chi connectivity index (χ3v) is 4.77. The van der Waals surface area contributed by atoms with Crippen molar-refractivity contribution >= 4 is 23.0 Å². The van der Waals surface area contributed by atoms with Gasteiger partial charge >= 0.3 is 0 Å². The monoisotopic (exact) mass is 280 g/mol. The molecule has 4 rings (SSSR count). The van der Waals surface area contributed by atoms with Crippen LogP contribution in [-0.2, 0) is 0 Å². The number of aryl methyl sites for hydroxylation is 1. The highest BCUT2D eigenvalue weighted by atomic mass is 16.1. The molecule has 0 spiro atoms. The number of aldehydes is 1. The third-order valence-electron chi connectivity index (χ3n) is 4.77. The van der Waals surface area contributed by atoms with Crippen LogP contribution >= 0.6 is 0 Å². The molecule has 0 unspecified atom stereocenters. The number of hydrogen-bond donors (Lipinski definition) is 1. The Bertz CT molecular complexity index is 690. The highest BCUT2D eigenvalue weighted by Gasteiger charge is 2.41. The van der Waals surface area contributed by atoms with E-state index in [4.69, 9.17) is 4.98 Å². The van der Waals surface area contributed by atoms with Gasteiger partial charge in [-0.2, -0.15) is 0 Å². The van der Waals surface area contributed by atoms with Gasteiger partial charge in [0.15, 0.2) is 6.29 Å². The molecule has 2 aliphatic carbocycles. The maximum absolute atomic E-state index is 11.4. The van der Waals surface area contributed by atoms with Crippen LogP contribution in [0, 0.1) is 18.8 Å². The molecule has 0 amide bonds. The van der Waals surface area contributed by atoms with Crippen molar-refractivity contribution in [3.8, 4) is 0 Å². The normalized spacial score (nSPS) is 18.2. The number of fused-ring (bicyclic) bond motifs is 1. The number of nitrogens with zero attached hydrogens (tertiary/aromatic N) is 1. The second kappa shape index (κ2) is 4.83. The Kier molecular flexibility index (Phi) is 2.95. The second-order valence-corrected chi connectivity index (χ2v) is 6.54. The molecular formula is C18H20N2O. The van der Waals surface area contributed by atoms with Gasteiger partial charge in [0.1, 0.15) is 5.82 Å². The summed E-state index contributed by atoms with van der Waals surface area (Å²) < 4.78 is 0. The second-order valence-electron chi connectivity index (χ2n) is 6.54. The molecule has 1 aromatic heterocycles. The van der Waals surface area contributed by atoms with E-state index >= 15 is 0 Å². The zero-order valence-electron chi connectivity index (χ0n) is 12.3. The number of hydrogen-bond acceptors (Lipinski definition) is 3. The van der Waals surface area contributed by atoms with Gasteiger partial charge < -0.3 is 5.32 Å². The zero-order chi connectivity index (χ0) is 14.4. The number of anilines is 1. The van der Waals surface area contributed by atoms with Gasteiger partial charge in [0.25, 0.3) is 0 Å². The zero-order valence-corrected chi connectivity index (χ0v) is 12.3. The van der Waals surface area contributed by atoms with Crippen molar-refractivity contribution in [1.82, 2.24) is 4.98 Å². The predicted octanol–water partition coefficient (Wildman–Crippen LogP) is 3.96. The molecule has 3 nitrogen and oxygen atoms in total. The summed E-state index contributed by atoms with van der Waals surface area (Å²) in [6, 6.07) is 8.57. The molecule has 0 bridgehead atoms. The van der Waals surface area contributed by atoms with Crippen LogP contribution in [0.1, 0.15) is 41.6 Å². The number of carbonyl (C=O) groups excluding carboxylic acids is 1. The molecule has 3 heteroatoms. The van der Waals surface area contributed by atoms with Gasteiger partial charge in [0.05, 0.1) is 11.1 Å². The van der Waals surface area contributed by atoms with Gasteiger partial charge in [0.2, 0.25) is 0 Å². The average Bonchev–Trinajstić information content (AvgIpc) is 3.38. The quantitative estimate of drug-likeness (QED) is 0.843. The van der Waals surface area contributed by atoms with E-state index in [1.165, 1.54) is 25.7 Å². The Morgan fingerprint density at radius 1 is 1.24 bits per heavy atom. The van der Waals surface area contributed by atoms with Crippen molar-refractivity contribution in [1.29, 1.82) is 0 Å². The van der Waals surface area contributed by atoms with Crippen molar-refractivity contribution in [2.45, 2.75) is 38.6 Å². The van der Waals surface area contributed by atoms with Crippen LogP contribution in [0.2, 0.25) is 0 Å². The standard InChI is InChI=1S/C18H20N2O/c1-11-3-2-4-14-9-15(10-21)18(19-16(11)14)20-17(12-5-6-12)13-7-8-13/h2-4,9-10,12-13,17H,5-8H2,1H3,(H,19,20). The average molecular weight is 280 g/mol. The first kappa shape index (κ1) is 12.8. The van der Waals surface area contributed by atoms with Gasteiger partial charge in [-0.25, -0.2) is 4.98 Å². The summed E-state index contributed by atoms with van der Waals surface area (Å²) in [6.07, 6.45) is 6.19. The van der Waals surface area contributed by atoms with Crippen LogP contribution in [0.15, 0.2) is 24.3 Å². The topological polar surface area (TPSA) is 42.0 Å². The summed E-state index contributed by atoms with van der Waals surface area (Å²) in [7, 11) is 0. The van der Waals surface area contributed by atoms with Crippen LogP contribution < -0.4 is 5.32 Å². The molecule has 1 heterocycles. The van der Waals surface area contributed by atoms with Crippen molar-refractivity contribution in [3.05, 3.63) is 35.4 Å². The lowest BCUT2D eigenvalue weighted by molar-refractivity contribution is 0.112. The Morgan fingerprint density at radius 3 is 2.57 bits per heavy atom. The van der Waals surface area contributed by atoms with Crippen molar-refractivity contribution in [2.24, 2.45) is 11.8 Å². The maximum atomic E-state index is 11.4. The van der Waals surface area contributed by atoms with Crippen LogP contribution in [0.25, 0.3) is 10.9 Å². The first-order valence-corrected chi connectivity index (χ1v) is 7.88. The molecule has 0 atom stereocenters. The highest BCUT2D eigenvalue weighted by molar-refractivity contribution is 5.92. The van der Waals surface area contributed by atoms with Crippen LogP contribution in [-0.4, -0.2) is 17.3 Å². The molecule has 1 N–H and O–H groups in total. The molecule has 108 valence electrons. The maximum Gasteiger partial charge on any atom is 0.153 e. The molecule has 21 heavy (non-hydrogen) atoms. The molecule has 1 aromatic carbocycles. The molecule has 2 saturated carbocycles. The Labute approximate surface area is 124 Å². The lowest BCUT2D eigenvalue weighted by Crippen LogP contribution is -2.25. The van der Waals surface area contributed by atoms with Gasteiger partial charge in [-0.05, 0) is 56.1 Å². The number of carbonyl (C=O) groups is 1. The van der Waals surface area contributed by atoms with E-state index in [2.05, 4.69) is 18.3 Å². The van der Waals surface area contributed by atoms with E-state index in [9.17, 15) is 4.79 Å². The number of benzene rings is 1. The Morgan fingerprint density at radius 2 is 1.95 bits per heavy atom. The van der Waals surface area contributed by atoms with E-state index in [0.29, 0.717) is 11.6 Å². The van der Waals surface area contributed by atoms with E-state index in [1.807, 2.05) is 18.2 Å². The summed E-state index contributed by atoms with van der Waals surface area (Å²) in [5.41, 5.74) is 2.83. The summed E-state index contributed by atoms with van der Waals surface area (Å²) in [5.74, 6) is 2.34. The van der Waals surface area contributed by atoms with Gasteiger partial charge in [-0.15, -0.1) is 0 Å². The summed E-state index contributed by atoms with van der Waals surface area (Å²) in [6.45, 7) is 2.07. The molecule has 0 radical (unpaired) electrons. The smallest absolute Gasteiger partial charge is 0.153 e. The first-order chi connectivity index (χ1) is 10.3. The first-order valence-electron chi connectivity index (χ1n) is 7.88. The summed E-state index contributed by atoms with van der Waals surface area (Å²) >= 11 is 0. The number of aromatic nitrogens is 1.